The second-order valence-electron chi connectivity index (χ2n) is 6.21. The van der Waals surface area contributed by atoms with Gasteiger partial charge >= 0.3 is 5.97 Å². The van der Waals surface area contributed by atoms with Crippen LogP contribution < -0.4 is 5.32 Å². The lowest BCUT2D eigenvalue weighted by molar-refractivity contribution is -0.141. The van der Waals surface area contributed by atoms with E-state index in [0.29, 0.717) is 43.6 Å². The normalized spacial score (nSPS) is 19.5. The number of hydrogen-bond donors (Lipinski definition) is 2. The maximum atomic E-state index is 12.4. The van der Waals surface area contributed by atoms with Gasteiger partial charge in [0.1, 0.15) is 0 Å². The molecule has 2 amide bonds. The van der Waals surface area contributed by atoms with Crippen molar-refractivity contribution in [3.05, 3.63) is 28.8 Å². The highest BCUT2D eigenvalue weighted by Gasteiger charge is 2.33. The fourth-order valence-electron chi connectivity index (χ4n) is 3.14. The molecule has 2 rings (SSSR count). The summed E-state index contributed by atoms with van der Waals surface area (Å²) in [4.78, 5) is 37.3. The van der Waals surface area contributed by atoms with E-state index < -0.39 is 11.9 Å². The van der Waals surface area contributed by atoms with Crippen molar-refractivity contribution in [3.63, 3.8) is 0 Å². The first-order chi connectivity index (χ1) is 11.9. The Kier molecular flexibility index (Phi) is 6.42. The van der Waals surface area contributed by atoms with E-state index in [2.05, 4.69) is 5.32 Å². The molecule has 1 aliphatic rings. The van der Waals surface area contributed by atoms with Crippen LogP contribution in [0.15, 0.2) is 18.2 Å². The number of carbonyl (C=O) groups excluding carboxylic acids is 2. The van der Waals surface area contributed by atoms with Crippen molar-refractivity contribution in [2.24, 2.45) is 11.8 Å². The largest absolute Gasteiger partial charge is 0.481 e. The smallest absolute Gasteiger partial charge is 0.306 e. The maximum Gasteiger partial charge on any atom is 0.306 e. The molecule has 136 valence electrons. The number of carbonyl (C=O) groups is 3. The molecular weight excluding hydrogens is 344 g/mol. The Morgan fingerprint density at radius 2 is 1.84 bits per heavy atom. The van der Waals surface area contributed by atoms with Crippen LogP contribution in [0.25, 0.3) is 0 Å². The topological polar surface area (TPSA) is 86.7 Å². The molecule has 0 aliphatic heterocycles. The molecule has 0 saturated heterocycles. The quantitative estimate of drug-likeness (QED) is 0.809. The number of hydrogen-bond acceptors (Lipinski definition) is 3. The van der Waals surface area contributed by atoms with Crippen LogP contribution in [0.1, 0.15) is 43.5 Å². The van der Waals surface area contributed by atoms with E-state index in [1.54, 1.807) is 23.1 Å². The number of carboxylic acid groups (broad SMARTS) is 1. The van der Waals surface area contributed by atoms with Crippen molar-refractivity contribution in [1.82, 2.24) is 4.90 Å². The Balaban J connectivity index is 2.04. The number of rotatable bonds is 6. The van der Waals surface area contributed by atoms with Crippen LogP contribution >= 0.6 is 11.6 Å². The fraction of sp³-hybridized carbons (Fsp3) is 0.500. The Labute approximate surface area is 152 Å². The zero-order valence-electron chi connectivity index (χ0n) is 14.4. The van der Waals surface area contributed by atoms with E-state index in [9.17, 15) is 14.4 Å². The molecule has 0 unspecified atom stereocenters. The first-order valence-corrected chi connectivity index (χ1v) is 8.87. The molecule has 0 aromatic heterocycles. The lowest BCUT2D eigenvalue weighted by Gasteiger charge is -2.19. The third kappa shape index (κ3) is 4.51. The van der Waals surface area contributed by atoms with Gasteiger partial charge in [0.05, 0.1) is 16.5 Å². The molecular formula is C18H23ClN2O4. The summed E-state index contributed by atoms with van der Waals surface area (Å²) in [5.41, 5.74) is 0.903. The number of carboxylic acids is 1. The molecule has 0 spiro atoms. The lowest BCUT2D eigenvalue weighted by atomic mass is 10.0. The molecule has 7 heteroatoms. The lowest BCUT2D eigenvalue weighted by Crippen LogP contribution is -2.30. The number of aliphatic carboxylic acids is 1. The molecule has 2 atom stereocenters. The second-order valence-corrected chi connectivity index (χ2v) is 6.61. The van der Waals surface area contributed by atoms with Gasteiger partial charge in [-0.3, -0.25) is 14.4 Å². The SMILES string of the molecule is CCN(CC)C(=O)c1ccc(NC(=O)[C@@H]2CC[C@H](C(=O)O)C2)cc1Cl. The molecule has 6 nitrogen and oxygen atoms in total. The number of anilines is 1. The molecule has 1 saturated carbocycles. The second kappa shape index (κ2) is 8.34. The highest BCUT2D eigenvalue weighted by molar-refractivity contribution is 6.34. The van der Waals surface area contributed by atoms with E-state index in [4.69, 9.17) is 16.7 Å². The summed E-state index contributed by atoms with van der Waals surface area (Å²) in [7, 11) is 0. The summed E-state index contributed by atoms with van der Waals surface area (Å²) >= 11 is 6.21. The van der Waals surface area contributed by atoms with Gasteiger partial charge in [0, 0.05) is 24.7 Å². The average molecular weight is 367 g/mol. The van der Waals surface area contributed by atoms with Gasteiger partial charge in [0.25, 0.3) is 5.91 Å². The first-order valence-electron chi connectivity index (χ1n) is 8.49. The van der Waals surface area contributed by atoms with Crippen molar-refractivity contribution >= 4 is 35.1 Å². The molecule has 2 N–H and O–H groups in total. The standard InChI is InChI=1S/C18H23ClN2O4/c1-3-21(4-2)17(23)14-8-7-13(10-15(14)19)20-16(22)11-5-6-12(9-11)18(24)25/h7-8,10-12H,3-6,9H2,1-2H3,(H,20,22)(H,24,25)/t11-,12+/m1/s1. The van der Waals surface area contributed by atoms with Crippen molar-refractivity contribution in [3.8, 4) is 0 Å². The van der Waals surface area contributed by atoms with E-state index in [-0.39, 0.29) is 22.8 Å². The summed E-state index contributed by atoms with van der Waals surface area (Å²) < 4.78 is 0. The highest BCUT2D eigenvalue weighted by Crippen LogP contribution is 2.32. The van der Waals surface area contributed by atoms with Gasteiger partial charge in [0.2, 0.25) is 5.91 Å². The average Bonchev–Trinajstić information content (AvgIpc) is 3.06. The predicted octanol–water partition coefficient (Wildman–Crippen LogP) is 3.26. The molecule has 1 aromatic carbocycles. The van der Waals surface area contributed by atoms with Crippen LogP contribution in [0, 0.1) is 11.8 Å². The molecule has 1 aromatic rings. The monoisotopic (exact) mass is 366 g/mol. The van der Waals surface area contributed by atoms with Crippen LogP contribution in [0.4, 0.5) is 5.69 Å². The Hall–Kier alpha value is -2.08. The van der Waals surface area contributed by atoms with Gasteiger partial charge in [-0.05, 0) is 51.3 Å². The summed E-state index contributed by atoms with van der Waals surface area (Å²) in [5.74, 6) is -1.96. The van der Waals surface area contributed by atoms with E-state index in [1.807, 2.05) is 13.8 Å². The molecule has 25 heavy (non-hydrogen) atoms. The summed E-state index contributed by atoms with van der Waals surface area (Å²) in [6.07, 6.45) is 1.44. The first kappa shape index (κ1) is 19.2. The van der Waals surface area contributed by atoms with E-state index >= 15 is 0 Å². The minimum Gasteiger partial charge on any atom is -0.481 e. The Morgan fingerprint density at radius 3 is 2.36 bits per heavy atom. The molecule has 0 heterocycles. The van der Waals surface area contributed by atoms with Crippen LogP contribution in [0.2, 0.25) is 5.02 Å². The van der Waals surface area contributed by atoms with Crippen LogP contribution in [0.5, 0.6) is 0 Å². The highest BCUT2D eigenvalue weighted by atomic mass is 35.5. The number of nitrogens with one attached hydrogen (secondary N) is 1. The maximum absolute atomic E-state index is 12.4. The minimum atomic E-state index is -0.849. The van der Waals surface area contributed by atoms with E-state index in [0.717, 1.165) is 0 Å². The molecule has 1 aliphatic carbocycles. The van der Waals surface area contributed by atoms with E-state index in [1.165, 1.54) is 0 Å². The van der Waals surface area contributed by atoms with Crippen LogP contribution in [-0.4, -0.2) is 40.9 Å². The van der Waals surface area contributed by atoms with Crippen molar-refractivity contribution in [2.45, 2.75) is 33.1 Å². The number of nitrogens with zero attached hydrogens (tertiary/aromatic N) is 1. The number of amides is 2. The zero-order valence-corrected chi connectivity index (χ0v) is 15.2. The zero-order chi connectivity index (χ0) is 18.6. The van der Waals surface area contributed by atoms with Crippen molar-refractivity contribution < 1.29 is 19.5 Å². The van der Waals surface area contributed by atoms with Gasteiger partial charge in [-0.25, -0.2) is 0 Å². The number of halogens is 1. The summed E-state index contributed by atoms with van der Waals surface area (Å²) in [5, 5.41) is 12.1. The van der Waals surface area contributed by atoms with Gasteiger partial charge < -0.3 is 15.3 Å². The Morgan fingerprint density at radius 1 is 1.20 bits per heavy atom. The van der Waals surface area contributed by atoms with Gasteiger partial charge in [-0.15, -0.1) is 0 Å². The van der Waals surface area contributed by atoms with Crippen molar-refractivity contribution in [2.75, 3.05) is 18.4 Å². The van der Waals surface area contributed by atoms with Gasteiger partial charge in [-0.1, -0.05) is 11.6 Å². The van der Waals surface area contributed by atoms with Crippen LogP contribution in [0.3, 0.4) is 0 Å². The third-order valence-corrected chi connectivity index (χ3v) is 4.98. The third-order valence-electron chi connectivity index (χ3n) is 4.67. The van der Waals surface area contributed by atoms with Gasteiger partial charge in [0.15, 0.2) is 0 Å². The summed E-state index contributed by atoms with van der Waals surface area (Å²) in [6, 6.07) is 4.80. The predicted molar refractivity (Wildman–Crippen MR) is 95.8 cm³/mol. The van der Waals surface area contributed by atoms with Crippen LogP contribution in [-0.2, 0) is 9.59 Å². The molecule has 1 fully saturated rings. The summed E-state index contributed by atoms with van der Waals surface area (Å²) in [6.45, 7) is 4.99. The van der Waals surface area contributed by atoms with Crippen molar-refractivity contribution in [1.29, 1.82) is 0 Å². The fourth-order valence-corrected chi connectivity index (χ4v) is 3.40. The Bertz CT molecular complexity index is 673. The molecule has 0 radical (unpaired) electrons. The molecule has 0 bridgehead atoms. The van der Waals surface area contributed by atoms with Gasteiger partial charge in [-0.2, -0.15) is 0 Å². The number of benzene rings is 1. The minimum absolute atomic E-state index is 0.145.